The molecule has 1 aromatic heterocycles. The Morgan fingerprint density at radius 1 is 1.50 bits per heavy atom. The van der Waals surface area contributed by atoms with Crippen LogP contribution in [0.2, 0.25) is 0 Å². The summed E-state index contributed by atoms with van der Waals surface area (Å²) in [5.74, 6) is -0.265. The molecular weight excluding hydrogens is 204 g/mol. The third-order valence-electron chi connectivity index (χ3n) is 2.01. The highest BCUT2D eigenvalue weighted by Crippen LogP contribution is 2.08. The van der Waals surface area contributed by atoms with Crippen LogP contribution in [0.3, 0.4) is 0 Å². The van der Waals surface area contributed by atoms with Gasteiger partial charge in [-0.2, -0.15) is 10.4 Å². The lowest BCUT2D eigenvalue weighted by molar-refractivity contribution is 0.102. The number of hydrogen-bond acceptors (Lipinski definition) is 3. The van der Waals surface area contributed by atoms with E-state index >= 15 is 0 Å². The molecule has 5 nitrogen and oxygen atoms in total. The first-order valence-corrected chi connectivity index (χ1v) is 4.60. The van der Waals surface area contributed by atoms with Gasteiger partial charge in [-0.15, -0.1) is 0 Å². The molecule has 2 N–H and O–H groups in total. The third-order valence-corrected chi connectivity index (χ3v) is 2.01. The molecular formula is C11H8N4O. The normalized spacial score (nSPS) is 9.44. The van der Waals surface area contributed by atoms with Crippen LogP contribution in [0.15, 0.2) is 36.7 Å². The fraction of sp³-hybridized carbons (Fsp3) is 0. The van der Waals surface area contributed by atoms with Crippen molar-refractivity contribution in [3.8, 4) is 6.07 Å². The summed E-state index contributed by atoms with van der Waals surface area (Å²) < 4.78 is 0. The van der Waals surface area contributed by atoms with E-state index in [1.54, 1.807) is 24.4 Å². The topological polar surface area (TPSA) is 81.6 Å². The fourth-order valence-corrected chi connectivity index (χ4v) is 1.25. The lowest BCUT2D eigenvalue weighted by Crippen LogP contribution is -2.11. The molecule has 2 rings (SSSR count). The van der Waals surface area contributed by atoms with E-state index in [1.807, 2.05) is 6.07 Å². The molecule has 0 atom stereocenters. The first-order chi connectivity index (χ1) is 7.79. The number of nitrogens with one attached hydrogen (secondary N) is 2. The summed E-state index contributed by atoms with van der Waals surface area (Å²) in [4.78, 5) is 11.7. The van der Waals surface area contributed by atoms with Crippen molar-refractivity contribution >= 4 is 11.6 Å². The van der Waals surface area contributed by atoms with Crippen LogP contribution in [0, 0.1) is 11.3 Å². The maximum absolute atomic E-state index is 11.7. The predicted octanol–water partition coefficient (Wildman–Crippen LogP) is 1.53. The van der Waals surface area contributed by atoms with Gasteiger partial charge in [0.15, 0.2) is 0 Å². The van der Waals surface area contributed by atoms with Gasteiger partial charge in [-0.25, -0.2) is 0 Å². The molecule has 2 aromatic rings. The quantitative estimate of drug-likeness (QED) is 0.792. The molecule has 0 aliphatic heterocycles. The summed E-state index contributed by atoms with van der Waals surface area (Å²) in [6.45, 7) is 0. The SMILES string of the molecule is N#Cc1cccc(C(=O)Nc2cn[nH]c2)c1. The lowest BCUT2D eigenvalue weighted by Gasteiger charge is -2.01. The Morgan fingerprint density at radius 3 is 3.06 bits per heavy atom. The van der Waals surface area contributed by atoms with Gasteiger partial charge in [-0.1, -0.05) is 6.07 Å². The second-order valence-electron chi connectivity index (χ2n) is 3.13. The fourth-order valence-electron chi connectivity index (χ4n) is 1.25. The maximum atomic E-state index is 11.7. The van der Waals surface area contributed by atoms with Crippen LogP contribution in [-0.2, 0) is 0 Å². The number of nitrogens with zero attached hydrogens (tertiary/aromatic N) is 2. The summed E-state index contributed by atoms with van der Waals surface area (Å²) in [5.41, 5.74) is 1.49. The van der Waals surface area contributed by atoms with E-state index in [0.717, 1.165) is 0 Å². The molecule has 1 heterocycles. The minimum absolute atomic E-state index is 0.265. The number of hydrogen-bond donors (Lipinski definition) is 2. The van der Waals surface area contributed by atoms with E-state index in [0.29, 0.717) is 16.8 Å². The van der Waals surface area contributed by atoms with Gasteiger partial charge in [0.25, 0.3) is 5.91 Å². The van der Waals surface area contributed by atoms with Crippen molar-refractivity contribution in [2.24, 2.45) is 0 Å². The van der Waals surface area contributed by atoms with E-state index in [4.69, 9.17) is 5.26 Å². The van der Waals surface area contributed by atoms with Crippen LogP contribution in [0.5, 0.6) is 0 Å². The number of amides is 1. The van der Waals surface area contributed by atoms with Crippen LogP contribution < -0.4 is 5.32 Å². The van der Waals surface area contributed by atoms with Crippen molar-refractivity contribution in [2.45, 2.75) is 0 Å². The highest BCUT2D eigenvalue weighted by molar-refractivity contribution is 6.04. The van der Waals surface area contributed by atoms with Crippen LogP contribution in [0.1, 0.15) is 15.9 Å². The Labute approximate surface area is 91.7 Å². The molecule has 16 heavy (non-hydrogen) atoms. The monoisotopic (exact) mass is 212 g/mol. The van der Waals surface area contributed by atoms with Gasteiger partial charge >= 0.3 is 0 Å². The molecule has 0 aliphatic carbocycles. The Kier molecular flexibility index (Phi) is 2.65. The molecule has 1 aromatic carbocycles. The average molecular weight is 212 g/mol. The van der Waals surface area contributed by atoms with E-state index in [9.17, 15) is 4.79 Å². The Hall–Kier alpha value is -2.61. The van der Waals surface area contributed by atoms with Crippen molar-refractivity contribution in [2.75, 3.05) is 5.32 Å². The van der Waals surface area contributed by atoms with E-state index in [2.05, 4.69) is 15.5 Å². The number of aromatic nitrogens is 2. The van der Waals surface area contributed by atoms with Crippen molar-refractivity contribution in [3.63, 3.8) is 0 Å². The number of nitriles is 1. The summed E-state index contributed by atoms with van der Waals surface area (Å²) in [6.07, 6.45) is 3.08. The zero-order valence-electron chi connectivity index (χ0n) is 8.27. The molecule has 0 radical (unpaired) electrons. The smallest absolute Gasteiger partial charge is 0.255 e. The lowest BCUT2D eigenvalue weighted by atomic mass is 10.1. The number of H-pyrrole nitrogens is 1. The van der Waals surface area contributed by atoms with Crippen molar-refractivity contribution in [3.05, 3.63) is 47.8 Å². The molecule has 0 fully saturated rings. The predicted molar refractivity (Wildman–Crippen MR) is 57.7 cm³/mol. The third kappa shape index (κ3) is 2.07. The summed E-state index contributed by atoms with van der Waals surface area (Å²) in [6, 6.07) is 8.49. The molecule has 78 valence electrons. The van der Waals surface area contributed by atoms with Crippen molar-refractivity contribution in [1.82, 2.24) is 10.2 Å². The van der Waals surface area contributed by atoms with E-state index in [-0.39, 0.29) is 5.91 Å². The first kappa shape index (κ1) is 9.93. The Bertz CT molecular complexity index is 539. The van der Waals surface area contributed by atoms with Crippen LogP contribution >= 0.6 is 0 Å². The van der Waals surface area contributed by atoms with Gasteiger partial charge in [-0.3, -0.25) is 9.89 Å². The Balaban J connectivity index is 2.18. The molecule has 0 bridgehead atoms. The highest BCUT2D eigenvalue weighted by atomic mass is 16.1. The number of benzene rings is 1. The van der Waals surface area contributed by atoms with Gasteiger partial charge in [0.1, 0.15) is 0 Å². The van der Waals surface area contributed by atoms with Gasteiger partial charge in [-0.05, 0) is 18.2 Å². The number of anilines is 1. The van der Waals surface area contributed by atoms with Crippen LogP contribution in [0.4, 0.5) is 5.69 Å². The molecule has 0 spiro atoms. The van der Waals surface area contributed by atoms with Gasteiger partial charge < -0.3 is 5.32 Å². The van der Waals surface area contributed by atoms with Gasteiger partial charge in [0.2, 0.25) is 0 Å². The number of rotatable bonds is 2. The van der Waals surface area contributed by atoms with Crippen molar-refractivity contribution < 1.29 is 4.79 Å². The Morgan fingerprint density at radius 2 is 2.38 bits per heavy atom. The second-order valence-corrected chi connectivity index (χ2v) is 3.13. The molecule has 0 unspecified atom stereocenters. The number of aromatic amines is 1. The minimum atomic E-state index is -0.265. The largest absolute Gasteiger partial charge is 0.319 e. The van der Waals surface area contributed by atoms with E-state index < -0.39 is 0 Å². The molecule has 0 saturated carbocycles. The second kappa shape index (κ2) is 4.28. The summed E-state index contributed by atoms with van der Waals surface area (Å²) in [7, 11) is 0. The standard InChI is InChI=1S/C11H8N4O/c12-5-8-2-1-3-9(4-8)11(16)15-10-6-13-14-7-10/h1-4,6-7H,(H,13,14)(H,15,16). The van der Waals surface area contributed by atoms with Crippen LogP contribution in [-0.4, -0.2) is 16.1 Å². The molecule has 1 amide bonds. The average Bonchev–Trinajstić information content (AvgIpc) is 2.82. The number of carbonyl (C=O) groups is 1. The minimum Gasteiger partial charge on any atom is -0.319 e. The van der Waals surface area contributed by atoms with Crippen molar-refractivity contribution in [1.29, 1.82) is 5.26 Å². The zero-order chi connectivity index (χ0) is 11.4. The summed E-state index contributed by atoms with van der Waals surface area (Å²) >= 11 is 0. The molecule has 0 saturated heterocycles. The zero-order valence-corrected chi connectivity index (χ0v) is 8.27. The van der Waals surface area contributed by atoms with Gasteiger partial charge in [0.05, 0.1) is 23.5 Å². The highest BCUT2D eigenvalue weighted by Gasteiger charge is 2.06. The molecule has 5 heteroatoms. The van der Waals surface area contributed by atoms with Crippen LogP contribution in [0.25, 0.3) is 0 Å². The van der Waals surface area contributed by atoms with Gasteiger partial charge in [0, 0.05) is 11.8 Å². The molecule has 0 aliphatic rings. The first-order valence-electron chi connectivity index (χ1n) is 4.60. The maximum Gasteiger partial charge on any atom is 0.255 e. The van der Waals surface area contributed by atoms with E-state index in [1.165, 1.54) is 12.3 Å². The summed E-state index contributed by atoms with van der Waals surface area (Å²) in [5, 5.41) is 17.7. The number of carbonyl (C=O) groups excluding carboxylic acids is 1.